The first-order valence-corrected chi connectivity index (χ1v) is 17.8. The summed E-state index contributed by atoms with van der Waals surface area (Å²) in [5, 5.41) is 9.50. The van der Waals surface area contributed by atoms with E-state index in [-0.39, 0.29) is 0 Å². The fraction of sp³-hybridized carbons (Fsp3) is 0. The van der Waals surface area contributed by atoms with Crippen molar-refractivity contribution in [1.82, 2.24) is 0 Å². The minimum Gasteiger partial charge on any atom is -0.456 e. The second kappa shape index (κ2) is 11.3. The Morgan fingerprint density at radius 1 is 0.269 bits per heavy atom. The molecule has 0 bridgehead atoms. The maximum absolute atomic E-state index is 6.68. The van der Waals surface area contributed by atoms with Crippen molar-refractivity contribution in [3.8, 4) is 44.5 Å². The molecule has 0 amide bonds. The Morgan fingerprint density at radius 3 is 1.38 bits per heavy atom. The van der Waals surface area contributed by atoms with Gasteiger partial charge in [0.15, 0.2) is 0 Å². The van der Waals surface area contributed by atoms with Gasteiger partial charge in [-0.25, -0.2) is 0 Å². The maximum Gasteiger partial charge on any atom is 0.143 e. The number of furan rings is 2. The van der Waals surface area contributed by atoms with Gasteiger partial charge < -0.3 is 8.83 Å². The molecule has 2 heteroatoms. The van der Waals surface area contributed by atoms with Gasteiger partial charge in [0, 0.05) is 27.1 Å². The van der Waals surface area contributed by atoms with Crippen molar-refractivity contribution >= 4 is 65.4 Å². The molecule has 0 aliphatic heterocycles. The van der Waals surface area contributed by atoms with E-state index >= 15 is 0 Å². The van der Waals surface area contributed by atoms with Crippen LogP contribution >= 0.6 is 0 Å². The summed E-state index contributed by atoms with van der Waals surface area (Å²) < 4.78 is 13.0. The van der Waals surface area contributed by atoms with Crippen molar-refractivity contribution in [3.05, 3.63) is 182 Å². The third-order valence-electron chi connectivity index (χ3n) is 10.7. The Bertz CT molecular complexity index is 3100. The lowest BCUT2D eigenvalue weighted by Gasteiger charge is -2.18. The zero-order chi connectivity index (χ0) is 34.2. The van der Waals surface area contributed by atoms with E-state index in [0.717, 1.165) is 66.1 Å². The number of hydrogen-bond acceptors (Lipinski definition) is 2. The van der Waals surface area contributed by atoms with Crippen molar-refractivity contribution in [3.63, 3.8) is 0 Å². The average molecular weight is 663 g/mol. The largest absolute Gasteiger partial charge is 0.456 e. The molecule has 0 aliphatic rings. The van der Waals surface area contributed by atoms with Crippen LogP contribution in [0.2, 0.25) is 0 Å². The smallest absolute Gasteiger partial charge is 0.143 e. The molecule has 2 heterocycles. The number of para-hydroxylation sites is 2. The zero-order valence-electron chi connectivity index (χ0n) is 28.1. The monoisotopic (exact) mass is 662 g/mol. The minimum absolute atomic E-state index is 0.875. The predicted octanol–water partition coefficient (Wildman–Crippen LogP) is 14.5. The van der Waals surface area contributed by atoms with Crippen LogP contribution in [0, 0.1) is 0 Å². The Morgan fingerprint density at radius 2 is 0.731 bits per heavy atom. The van der Waals surface area contributed by atoms with E-state index in [9.17, 15) is 0 Å². The summed E-state index contributed by atoms with van der Waals surface area (Å²) in [5.74, 6) is 0. The van der Waals surface area contributed by atoms with Gasteiger partial charge in [0.25, 0.3) is 0 Å². The third kappa shape index (κ3) is 4.31. The zero-order valence-corrected chi connectivity index (χ0v) is 28.1. The summed E-state index contributed by atoms with van der Waals surface area (Å²) in [4.78, 5) is 0. The predicted molar refractivity (Wildman–Crippen MR) is 218 cm³/mol. The van der Waals surface area contributed by atoms with Gasteiger partial charge in [-0.1, -0.05) is 152 Å². The molecule has 0 atom stereocenters. The van der Waals surface area contributed by atoms with E-state index < -0.39 is 0 Å². The van der Waals surface area contributed by atoms with Crippen molar-refractivity contribution in [2.45, 2.75) is 0 Å². The van der Waals surface area contributed by atoms with Crippen LogP contribution in [0.4, 0.5) is 0 Å². The first-order chi connectivity index (χ1) is 25.8. The first kappa shape index (κ1) is 28.9. The Labute approximate surface area is 299 Å². The second-order valence-electron chi connectivity index (χ2n) is 13.6. The van der Waals surface area contributed by atoms with Crippen LogP contribution in [0.15, 0.2) is 191 Å². The van der Waals surface area contributed by atoms with Crippen LogP contribution in [-0.4, -0.2) is 0 Å². The second-order valence-corrected chi connectivity index (χ2v) is 13.6. The number of rotatable bonds is 4. The first-order valence-electron chi connectivity index (χ1n) is 17.8. The number of hydrogen-bond donors (Lipinski definition) is 0. The van der Waals surface area contributed by atoms with Gasteiger partial charge in [-0.3, -0.25) is 0 Å². The molecule has 52 heavy (non-hydrogen) atoms. The molecule has 0 spiro atoms. The van der Waals surface area contributed by atoms with Gasteiger partial charge in [-0.05, 0) is 90.8 Å². The van der Waals surface area contributed by atoms with E-state index in [1.165, 1.54) is 43.8 Å². The van der Waals surface area contributed by atoms with Gasteiger partial charge in [0.2, 0.25) is 0 Å². The van der Waals surface area contributed by atoms with E-state index in [0.29, 0.717) is 0 Å². The van der Waals surface area contributed by atoms with Crippen LogP contribution in [-0.2, 0) is 0 Å². The van der Waals surface area contributed by atoms with Crippen LogP contribution in [0.1, 0.15) is 0 Å². The normalized spacial score (nSPS) is 11.8. The highest BCUT2D eigenvalue weighted by atomic mass is 16.3. The fourth-order valence-electron chi connectivity index (χ4n) is 8.36. The van der Waals surface area contributed by atoms with Crippen LogP contribution in [0.25, 0.3) is 110 Å². The molecule has 11 rings (SSSR count). The Hall–Kier alpha value is -6.90. The Kier molecular flexibility index (Phi) is 6.28. The maximum atomic E-state index is 6.68. The lowest BCUT2D eigenvalue weighted by atomic mass is 9.85. The van der Waals surface area contributed by atoms with E-state index in [1.807, 2.05) is 18.2 Å². The van der Waals surface area contributed by atoms with Crippen molar-refractivity contribution in [2.24, 2.45) is 0 Å². The highest BCUT2D eigenvalue weighted by Gasteiger charge is 2.20. The van der Waals surface area contributed by atoms with Gasteiger partial charge in [0.1, 0.15) is 22.3 Å². The fourth-order valence-corrected chi connectivity index (χ4v) is 8.36. The number of fused-ring (bicyclic) bond motifs is 8. The molecule has 0 fully saturated rings. The average Bonchev–Trinajstić information content (AvgIpc) is 3.79. The lowest BCUT2D eigenvalue weighted by molar-refractivity contribution is 0.668. The molecule has 0 N–H and O–H groups in total. The summed E-state index contributed by atoms with van der Waals surface area (Å²) in [7, 11) is 0. The minimum atomic E-state index is 0.875. The molecule has 2 aromatic heterocycles. The highest BCUT2D eigenvalue weighted by molar-refractivity contribution is 6.22. The topological polar surface area (TPSA) is 26.3 Å². The molecular formula is C50H30O2. The van der Waals surface area contributed by atoms with E-state index in [4.69, 9.17) is 8.83 Å². The molecule has 0 aliphatic carbocycles. The van der Waals surface area contributed by atoms with Crippen LogP contribution < -0.4 is 0 Å². The summed E-state index contributed by atoms with van der Waals surface area (Å²) >= 11 is 0. The van der Waals surface area contributed by atoms with Crippen molar-refractivity contribution < 1.29 is 8.83 Å². The molecular weight excluding hydrogens is 633 g/mol. The number of benzene rings is 9. The summed E-state index contributed by atoms with van der Waals surface area (Å²) in [6.45, 7) is 0. The summed E-state index contributed by atoms with van der Waals surface area (Å²) in [5.41, 5.74) is 12.9. The van der Waals surface area contributed by atoms with Crippen LogP contribution in [0.3, 0.4) is 0 Å². The van der Waals surface area contributed by atoms with Crippen molar-refractivity contribution in [1.29, 1.82) is 0 Å². The molecule has 11 aromatic rings. The molecule has 0 saturated heterocycles. The van der Waals surface area contributed by atoms with E-state index in [2.05, 4.69) is 164 Å². The molecule has 9 aromatic carbocycles. The summed E-state index contributed by atoms with van der Waals surface area (Å²) in [6, 6.07) is 65.0. The molecule has 0 unspecified atom stereocenters. The van der Waals surface area contributed by atoms with Gasteiger partial charge in [0.05, 0.1) is 0 Å². The van der Waals surface area contributed by atoms with Crippen molar-refractivity contribution in [2.75, 3.05) is 0 Å². The van der Waals surface area contributed by atoms with Gasteiger partial charge >= 0.3 is 0 Å². The van der Waals surface area contributed by atoms with Gasteiger partial charge in [-0.15, -0.1) is 0 Å². The molecule has 242 valence electrons. The SMILES string of the molecule is c1ccc(-c2c3ccccc3c(-c3ccc(-c4ccc(-c5ccc6c(c5)oc5ccccc56)c5oc6ccccc6c45)cc3)c3ccccc23)cc1. The van der Waals surface area contributed by atoms with E-state index in [1.54, 1.807) is 0 Å². The van der Waals surface area contributed by atoms with Crippen LogP contribution in [0.5, 0.6) is 0 Å². The third-order valence-corrected chi connectivity index (χ3v) is 10.7. The Balaban J connectivity index is 1.08. The molecule has 2 nitrogen and oxygen atoms in total. The quantitative estimate of drug-likeness (QED) is 0.175. The standard InChI is InChI=1S/C50H30O2/c1-2-12-32(13-3-1)47-39-15-4-6-17-41(39)48(42-18-7-5-16-40(42)47)33-24-22-31(23-25-33)35-28-29-36(50-49(35)43-19-9-11-21-45(43)52-50)34-26-27-38-37-14-8-10-20-44(37)51-46(38)30-34/h1-30H. The summed E-state index contributed by atoms with van der Waals surface area (Å²) in [6.07, 6.45) is 0. The lowest BCUT2D eigenvalue weighted by Crippen LogP contribution is -1.91. The van der Waals surface area contributed by atoms with Gasteiger partial charge in [-0.2, -0.15) is 0 Å². The molecule has 0 radical (unpaired) electrons. The molecule has 0 saturated carbocycles. The highest BCUT2D eigenvalue weighted by Crippen LogP contribution is 2.46.